The third-order valence-corrected chi connectivity index (χ3v) is 4.08. The Labute approximate surface area is 121 Å². The zero-order valence-corrected chi connectivity index (χ0v) is 12.2. The van der Waals surface area contributed by atoms with Gasteiger partial charge in [0.15, 0.2) is 0 Å². The van der Waals surface area contributed by atoms with Crippen LogP contribution in [0.5, 0.6) is 0 Å². The van der Waals surface area contributed by atoms with Crippen molar-refractivity contribution in [1.29, 1.82) is 0 Å². The van der Waals surface area contributed by atoms with E-state index in [0.717, 1.165) is 51.4 Å². The minimum Gasteiger partial charge on any atom is -0.497 e. The standard InChI is InChI=1S/C16H23N3O/c1-14-5-6-17-16(12-14)19-9-7-18(8-10-19)13-15-4-2-3-11-20-15/h3,5-6,11-12,15H,2,4,7-10,13H2,1H3/t15-/m0/s1. The number of aryl methyl sites for hydroxylation is 1. The van der Waals surface area contributed by atoms with E-state index in [-0.39, 0.29) is 0 Å². The van der Waals surface area contributed by atoms with Gasteiger partial charge in [0, 0.05) is 38.9 Å². The van der Waals surface area contributed by atoms with Crippen LogP contribution in [0.3, 0.4) is 0 Å². The van der Waals surface area contributed by atoms with Crippen molar-refractivity contribution in [2.75, 3.05) is 37.6 Å². The highest BCUT2D eigenvalue weighted by Crippen LogP contribution is 2.17. The Balaban J connectivity index is 1.50. The van der Waals surface area contributed by atoms with E-state index in [4.69, 9.17) is 4.74 Å². The van der Waals surface area contributed by atoms with E-state index in [1.165, 1.54) is 5.56 Å². The second kappa shape index (κ2) is 6.27. The molecule has 2 aliphatic heterocycles. The molecule has 1 atom stereocenters. The lowest BCUT2D eigenvalue weighted by atomic mass is 10.1. The molecule has 0 spiro atoms. The van der Waals surface area contributed by atoms with Crippen LogP contribution in [0.2, 0.25) is 0 Å². The number of anilines is 1. The molecular weight excluding hydrogens is 250 g/mol. The number of pyridine rings is 1. The van der Waals surface area contributed by atoms with Crippen LogP contribution in [0.25, 0.3) is 0 Å². The van der Waals surface area contributed by atoms with E-state index in [1.54, 1.807) is 0 Å². The molecule has 0 saturated carbocycles. The van der Waals surface area contributed by atoms with Gasteiger partial charge in [-0.05, 0) is 43.5 Å². The molecule has 0 aromatic carbocycles. The summed E-state index contributed by atoms with van der Waals surface area (Å²) in [5, 5.41) is 0. The molecule has 1 saturated heterocycles. The summed E-state index contributed by atoms with van der Waals surface area (Å²) in [6.07, 6.45) is 8.55. The topological polar surface area (TPSA) is 28.6 Å². The molecule has 0 radical (unpaired) electrons. The fourth-order valence-electron chi connectivity index (χ4n) is 2.86. The van der Waals surface area contributed by atoms with Crippen molar-refractivity contribution < 1.29 is 4.74 Å². The molecule has 0 amide bonds. The second-order valence-electron chi connectivity index (χ2n) is 5.69. The summed E-state index contributed by atoms with van der Waals surface area (Å²) in [6, 6.07) is 4.22. The Morgan fingerprint density at radius 2 is 2.15 bits per heavy atom. The number of hydrogen-bond donors (Lipinski definition) is 0. The van der Waals surface area contributed by atoms with Crippen molar-refractivity contribution in [3.63, 3.8) is 0 Å². The van der Waals surface area contributed by atoms with E-state index < -0.39 is 0 Å². The molecule has 108 valence electrons. The van der Waals surface area contributed by atoms with Crippen LogP contribution >= 0.6 is 0 Å². The number of nitrogens with zero attached hydrogens (tertiary/aromatic N) is 3. The van der Waals surface area contributed by atoms with Gasteiger partial charge in [-0.15, -0.1) is 0 Å². The first-order valence-electron chi connectivity index (χ1n) is 7.52. The molecule has 0 bridgehead atoms. The van der Waals surface area contributed by atoms with Gasteiger partial charge in [-0.1, -0.05) is 0 Å². The van der Waals surface area contributed by atoms with E-state index in [1.807, 2.05) is 18.5 Å². The average Bonchev–Trinajstić information content (AvgIpc) is 2.49. The molecule has 3 rings (SSSR count). The van der Waals surface area contributed by atoms with Crippen LogP contribution in [-0.4, -0.2) is 48.7 Å². The average molecular weight is 273 g/mol. The summed E-state index contributed by atoms with van der Waals surface area (Å²) in [5.41, 5.74) is 1.28. The van der Waals surface area contributed by atoms with Gasteiger partial charge >= 0.3 is 0 Å². The van der Waals surface area contributed by atoms with E-state index in [0.29, 0.717) is 6.10 Å². The molecule has 4 nitrogen and oxygen atoms in total. The molecule has 4 heteroatoms. The van der Waals surface area contributed by atoms with E-state index in [2.05, 4.69) is 33.8 Å². The van der Waals surface area contributed by atoms with Crippen LogP contribution in [0.15, 0.2) is 30.7 Å². The summed E-state index contributed by atoms with van der Waals surface area (Å²) in [5.74, 6) is 1.11. The number of aromatic nitrogens is 1. The van der Waals surface area contributed by atoms with Crippen LogP contribution in [0.1, 0.15) is 18.4 Å². The Morgan fingerprint density at radius 3 is 2.85 bits per heavy atom. The Bertz CT molecular complexity index is 467. The first-order valence-corrected chi connectivity index (χ1v) is 7.52. The van der Waals surface area contributed by atoms with Crippen LogP contribution in [0.4, 0.5) is 5.82 Å². The number of allylic oxidation sites excluding steroid dienone is 1. The maximum absolute atomic E-state index is 5.66. The van der Waals surface area contributed by atoms with Crippen molar-refractivity contribution in [3.05, 3.63) is 36.2 Å². The van der Waals surface area contributed by atoms with Crippen LogP contribution in [-0.2, 0) is 4.74 Å². The highest BCUT2D eigenvalue weighted by Gasteiger charge is 2.21. The summed E-state index contributed by atoms with van der Waals surface area (Å²) in [6.45, 7) is 7.48. The van der Waals surface area contributed by atoms with Gasteiger partial charge in [0.25, 0.3) is 0 Å². The third kappa shape index (κ3) is 3.31. The molecule has 20 heavy (non-hydrogen) atoms. The predicted molar refractivity (Wildman–Crippen MR) is 80.9 cm³/mol. The van der Waals surface area contributed by atoms with Crippen molar-refractivity contribution in [1.82, 2.24) is 9.88 Å². The minimum absolute atomic E-state index is 0.378. The lowest BCUT2D eigenvalue weighted by Crippen LogP contribution is -2.49. The van der Waals surface area contributed by atoms with E-state index >= 15 is 0 Å². The highest BCUT2D eigenvalue weighted by atomic mass is 16.5. The highest BCUT2D eigenvalue weighted by molar-refractivity contribution is 5.41. The van der Waals surface area contributed by atoms with E-state index in [9.17, 15) is 0 Å². The normalized spacial score (nSPS) is 23.6. The zero-order valence-electron chi connectivity index (χ0n) is 12.2. The molecule has 0 aliphatic carbocycles. The Morgan fingerprint density at radius 1 is 1.30 bits per heavy atom. The van der Waals surface area contributed by atoms with Gasteiger partial charge in [-0.25, -0.2) is 4.98 Å². The van der Waals surface area contributed by atoms with Crippen LogP contribution < -0.4 is 4.90 Å². The molecule has 1 aromatic heterocycles. The largest absolute Gasteiger partial charge is 0.497 e. The minimum atomic E-state index is 0.378. The Kier molecular flexibility index (Phi) is 4.21. The van der Waals surface area contributed by atoms with Gasteiger partial charge in [0.1, 0.15) is 11.9 Å². The zero-order chi connectivity index (χ0) is 13.8. The molecule has 2 aliphatic rings. The fraction of sp³-hybridized carbons (Fsp3) is 0.562. The van der Waals surface area contributed by atoms with Gasteiger partial charge in [0.05, 0.1) is 6.26 Å². The van der Waals surface area contributed by atoms with Crippen molar-refractivity contribution in [2.24, 2.45) is 0 Å². The first-order chi connectivity index (χ1) is 9.81. The quantitative estimate of drug-likeness (QED) is 0.844. The molecule has 1 aromatic rings. The van der Waals surface area contributed by atoms with Crippen molar-refractivity contribution in [2.45, 2.75) is 25.9 Å². The number of piperazine rings is 1. The number of hydrogen-bond acceptors (Lipinski definition) is 4. The summed E-state index contributed by atoms with van der Waals surface area (Å²) in [4.78, 5) is 9.37. The van der Waals surface area contributed by atoms with Crippen molar-refractivity contribution >= 4 is 5.82 Å². The van der Waals surface area contributed by atoms with Crippen LogP contribution in [0, 0.1) is 6.92 Å². The molecule has 1 fully saturated rings. The lowest BCUT2D eigenvalue weighted by Gasteiger charge is -2.37. The van der Waals surface area contributed by atoms with Gasteiger partial charge in [-0.3, -0.25) is 4.90 Å². The molecular formula is C16H23N3O. The van der Waals surface area contributed by atoms with Crippen molar-refractivity contribution in [3.8, 4) is 0 Å². The maximum Gasteiger partial charge on any atom is 0.128 e. The number of rotatable bonds is 3. The smallest absolute Gasteiger partial charge is 0.128 e. The fourth-order valence-corrected chi connectivity index (χ4v) is 2.86. The molecule has 3 heterocycles. The SMILES string of the molecule is Cc1ccnc(N2CCN(C[C@@H]3CCC=CO3)CC2)c1. The van der Waals surface area contributed by atoms with Gasteiger partial charge in [-0.2, -0.15) is 0 Å². The first kappa shape index (κ1) is 13.4. The molecule has 0 N–H and O–H groups in total. The summed E-state index contributed by atoms with van der Waals surface area (Å²) in [7, 11) is 0. The monoisotopic (exact) mass is 273 g/mol. The second-order valence-corrected chi connectivity index (χ2v) is 5.69. The molecule has 0 unspecified atom stereocenters. The lowest BCUT2D eigenvalue weighted by molar-refractivity contribution is 0.0766. The maximum atomic E-state index is 5.66. The predicted octanol–water partition coefficient (Wildman–Crippen LogP) is 2.20. The number of ether oxygens (including phenoxy) is 1. The van der Waals surface area contributed by atoms with Gasteiger partial charge < -0.3 is 9.64 Å². The Hall–Kier alpha value is -1.55. The summed E-state index contributed by atoms with van der Waals surface area (Å²) >= 11 is 0. The summed E-state index contributed by atoms with van der Waals surface area (Å²) < 4.78 is 5.66. The third-order valence-electron chi connectivity index (χ3n) is 4.08. The van der Waals surface area contributed by atoms with Gasteiger partial charge in [0.2, 0.25) is 0 Å².